The predicted molar refractivity (Wildman–Crippen MR) is 98.1 cm³/mol. The number of ether oxygens (including phenoxy) is 2. The molecule has 1 N–H and O–H groups in total. The van der Waals surface area contributed by atoms with Crippen molar-refractivity contribution in [3.63, 3.8) is 0 Å². The summed E-state index contributed by atoms with van der Waals surface area (Å²) in [6, 6.07) is 9.44. The molecule has 0 aromatic heterocycles. The Hall–Kier alpha value is -2.40. The van der Waals surface area contributed by atoms with Gasteiger partial charge in [-0.05, 0) is 37.7 Å². The van der Waals surface area contributed by atoms with Crippen molar-refractivity contribution in [2.45, 2.75) is 32.3 Å². The van der Waals surface area contributed by atoms with Crippen molar-refractivity contribution in [2.75, 3.05) is 14.2 Å². The summed E-state index contributed by atoms with van der Waals surface area (Å²) in [7, 11) is 2.56. The van der Waals surface area contributed by atoms with E-state index in [9.17, 15) is 14.7 Å². The lowest BCUT2D eigenvalue weighted by Crippen LogP contribution is -2.39. The average molecular weight is 358 g/mol. The van der Waals surface area contributed by atoms with Crippen molar-refractivity contribution in [1.29, 1.82) is 0 Å². The Labute approximate surface area is 154 Å². The highest BCUT2D eigenvalue weighted by Gasteiger charge is 2.54. The van der Waals surface area contributed by atoms with Gasteiger partial charge in [0.15, 0.2) is 5.41 Å². The third-order valence-corrected chi connectivity index (χ3v) is 4.99. The molecule has 0 aliphatic heterocycles. The summed E-state index contributed by atoms with van der Waals surface area (Å²) in [5.41, 5.74) is 0.554. The van der Waals surface area contributed by atoms with Crippen LogP contribution in [-0.2, 0) is 19.1 Å². The molecule has 140 valence electrons. The largest absolute Gasteiger partial charge is 0.468 e. The highest BCUT2D eigenvalue weighted by Crippen LogP contribution is 2.47. The van der Waals surface area contributed by atoms with Crippen LogP contribution in [0.1, 0.15) is 37.9 Å². The SMILES string of the molecule is C/C=C1\CC(C(=O)OC)(C(=O)OC)CC1/C=C/CC(O)c1ccccc1. The molecule has 2 rings (SSSR count). The number of hydrogen-bond donors (Lipinski definition) is 1. The highest BCUT2D eigenvalue weighted by atomic mass is 16.5. The first-order valence-corrected chi connectivity index (χ1v) is 8.70. The molecule has 2 unspecified atom stereocenters. The van der Waals surface area contributed by atoms with Gasteiger partial charge >= 0.3 is 11.9 Å². The summed E-state index contributed by atoms with van der Waals surface area (Å²) in [5, 5.41) is 10.3. The molecular formula is C21H26O5. The van der Waals surface area contributed by atoms with Gasteiger partial charge in [0, 0.05) is 0 Å². The van der Waals surface area contributed by atoms with Gasteiger partial charge in [-0.25, -0.2) is 0 Å². The van der Waals surface area contributed by atoms with Crippen molar-refractivity contribution in [1.82, 2.24) is 0 Å². The van der Waals surface area contributed by atoms with Gasteiger partial charge in [-0.2, -0.15) is 0 Å². The van der Waals surface area contributed by atoms with Gasteiger partial charge < -0.3 is 14.6 Å². The zero-order chi connectivity index (χ0) is 19.2. The zero-order valence-electron chi connectivity index (χ0n) is 15.5. The van der Waals surface area contributed by atoms with Crippen LogP contribution in [0.4, 0.5) is 0 Å². The van der Waals surface area contributed by atoms with Crippen molar-refractivity contribution in [3.05, 3.63) is 59.7 Å². The number of rotatable bonds is 6. The molecule has 1 fully saturated rings. The van der Waals surface area contributed by atoms with Crippen LogP contribution in [0, 0.1) is 11.3 Å². The van der Waals surface area contributed by atoms with E-state index in [4.69, 9.17) is 9.47 Å². The van der Waals surface area contributed by atoms with Crippen LogP contribution in [0.3, 0.4) is 0 Å². The number of aliphatic hydroxyl groups excluding tert-OH is 1. The minimum atomic E-state index is -1.29. The van der Waals surface area contributed by atoms with E-state index in [1.54, 1.807) is 0 Å². The van der Waals surface area contributed by atoms with E-state index in [1.165, 1.54) is 14.2 Å². The van der Waals surface area contributed by atoms with Gasteiger partial charge in [0.2, 0.25) is 0 Å². The number of hydrogen-bond acceptors (Lipinski definition) is 5. The predicted octanol–water partition coefficient (Wildman–Crippen LogP) is 3.36. The summed E-state index contributed by atoms with van der Waals surface area (Å²) in [5.74, 6) is -1.20. The Balaban J connectivity index is 2.13. The van der Waals surface area contributed by atoms with E-state index in [-0.39, 0.29) is 5.92 Å². The first-order chi connectivity index (χ1) is 12.5. The number of carbonyl (C=O) groups is 2. The van der Waals surface area contributed by atoms with Crippen LogP contribution in [0.15, 0.2) is 54.1 Å². The second-order valence-electron chi connectivity index (χ2n) is 6.51. The first kappa shape index (κ1) is 19.9. The molecule has 5 nitrogen and oxygen atoms in total. The van der Waals surface area contributed by atoms with Crippen LogP contribution in [0.2, 0.25) is 0 Å². The van der Waals surface area contributed by atoms with Crippen molar-refractivity contribution < 1.29 is 24.2 Å². The van der Waals surface area contributed by atoms with Crippen molar-refractivity contribution in [3.8, 4) is 0 Å². The molecule has 0 amide bonds. The molecule has 0 heterocycles. The number of allylic oxidation sites excluding steroid dienone is 3. The van der Waals surface area contributed by atoms with Gasteiger partial charge in [0.05, 0.1) is 20.3 Å². The lowest BCUT2D eigenvalue weighted by atomic mass is 9.85. The standard InChI is InChI=1S/C21H26O5/c1-4-15-13-21(19(23)25-2,20(24)26-3)14-17(15)11-8-12-18(22)16-9-6-5-7-10-16/h4-11,17-18,22H,12-14H2,1-3H3/b11-8+,15-4+. The lowest BCUT2D eigenvalue weighted by Gasteiger charge is -2.22. The van der Waals surface area contributed by atoms with Crippen LogP contribution in [0.5, 0.6) is 0 Å². The number of carbonyl (C=O) groups excluding carboxylic acids is 2. The smallest absolute Gasteiger partial charge is 0.323 e. The summed E-state index contributed by atoms with van der Waals surface area (Å²) in [6.07, 6.45) is 6.25. The van der Waals surface area contributed by atoms with E-state index in [1.807, 2.05) is 55.5 Å². The Kier molecular flexibility index (Phi) is 6.75. The van der Waals surface area contributed by atoms with Crippen LogP contribution in [0.25, 0.3) is 0 Å². The van der Waals surface area contributed by atoms with Gasteiger partial charge in [0.25, 0.3) is 0 Å². The molecule has 1 aromatic rings. The van der Waals surface area contributed by atoms with Gasteiger partial charge in [-0.3, -0.25) is 9.59 Å². The maximum atomic E-state index is 12.3. The van der Waals surface area contributed by atoms with E-state index in [0.717, 1.165) is 11.1 Å². The first-order valence-electron chi connectivity index (χ1n) is 8.70. The van der Waals surface area contributed by atoms with E-state index in [2.05, 4.69) is 0 Å². The number of aliphatic hydroxyl groups is 1. The monoisotopic (exact) mass is 358 g/mol. The Morgan fingerprint density at radius 2 is 1.85 bits per heavy atom. The van der Waals surface area contributed by atoms with Crippen LogP contribution < -0.4 is 0 Å². The average Bonchev–Trinajstić information content (AvgIpc) is 3.07. The fourth-order valence-electron chi connectivity index (χ4n) is 3.53. The van der Waals surface area contributed by atoms with Gasteiger partial charge in [-0.15, -0.1) is 0 Å². The molecule has 26 heavy (non-hydrogen) atoms. The van der Waals surface area contributed by atoms with E-state index in [0.29, 0.717) is 19.3 Å². The third-order valence-electron chi connectivity index (χ3n) is 4.99. The number of benzene rings is 1. The molecule has 1 saturated carbocycles. The summed E-state index contributed by atoms with van der Waals surface area (Å²) in [4.78, 5) is 24.6. The molecule has 0 spiro atoms. The van der Waals surface area contributed by atoms with Crippen molar-refractivity contribution >= 4 is 11.9 Å². The van der Waals surface area contributed by atoms with Gasteiger partial charge in [-0.1, -0.05) is 54.1 Å². The molecule has 1 aliphatic rings. The lowest BCUT2D eigenvalue weighted by molar-refractivity contribution is -0.168. The maximum absolute atomic E-state index is 12.3. The summed E-state index contributed by atoms with van der Waals surface area (Å²) < 4.78 is 9.74. The molecule has 1 aliphatic carbocycles. The second-order valence-corrected chi connectivity index (χ2v) is 6.51. The fourth-order valence-corrected chi connectivity index (χ4v) is 3.53. The fraction of sp³-hybridized carbons (Fsp3) is 0.429. The zero-order valence-corrected chi connectivity index (χ0v) is 15.5. The molecule has 5 heteroatoms. The maximum Gasteiger partial charge on any atom is 0.323 e. The Bertz CT molecular complexity index is 674. The minimum absolute atomic E-state index is 0.0684. The van der Waals surface area contributed by atoms with Gasteiger partial charge in [0.1, 0.15) is 0 Å². The molecular weight excluding hydrogens is 332 g/mol. The summed E-state index contributed by atoms with van der Waals surface area (Å²) >= 11 is 0. The molecule has 1 aromatic carbocycles. The Morgan fingerprint density at radius 1 is 1.23 bits per heavy atom. The van der Waals surface area contributed by atoms with Crippen LogP contribution in [-0.4, -0.2) is 31.3 Å². The quantitative estimate of drug-likeness (QED) is 0.480. The summed E-state index contributed by atoms with van der Waals surface area (Å²) in [6.45, 7) is 1.89. The van der Waals surface area contributed by atoms with E-state index < -0.39 is 23.5 Å². The normalized spacial score (nSPS) is 21.7. The van der Waals surface area contributed by atoms with Crippen molar-refractivity contribution in [2.24, 2.45) is 11.3 Å². The Morgan fingerprint density at radius 3 is 2.38 bits per heavy atom. The molecule has 0 bridgehead atoms. The number of esters is 2. The van der Waals surface area contributed by atoms with Crippen LogP contribution >= 0.6 is 0 Å². The minimum Gasteiger partial charge on any atom is -0.468 e. The van der Waals surface area contributed by atoms with E-state index >= 15 is 0 Å². The third kappa shape index (κ3) is 4.05. The molecule has 0 saturated heterocycles. The molecule has 0 radical (unpaired) electrons. The topological polar surface area (TPSA) is 72.8 Å². The second kappa shape index (κ2) is 8.81. The highest BCUT2D eigenvalue weighted by molar-refractivity contribution is 6.01. The molecule has 2 atom stereocenters. The number of methoxy groups -OCH3 is 2.